The highest BCUT2D eigenvalue weighted by Gasteiger charge is 1.58. The number of hydrogen-bond donors (Lipinski definition) is 0. The largest absolute Gasteiger partial charge is 0.265 e. The van der Waals surface area contributed by atoms with Gasteiger partial charge in [-0.2, -0.15) is 0 Å². The van der Waals surface area contributed by atoms with Crippen molar-refractivity contribution in [2.75, 3.05) is 0 Å². The SMILES string of the molecule is [HH].c1ccncc1. The third-order valence-corrected chi connectivity index (χ3v) is 0.566. The van der Waals surface area contributed by atoms with Gasteiger partial charge < -0.3 is 0 Å². The summed E-state index contributed by atoms with van der Waals surface area (Å²) in [5.41, 5.74) is 0. The van der Waals surface area contributed by atoms with E-state index in [0.717, 1.165) is 0 Å². The Morgan fingerprint density at radius 1 is 1.00 bits per heavy atom. The van der Waals surface area contributed by atoms with Crippen molar-refractivity contribution in [2.45, 2.75) is 0 Å². The van der Waals surface area contributed by atoms with E-state index < -0.39 is 0 Å². The molecule has 0 unspecified atom stereocenters. The first-order valence-electron chi connectivity index (χ1n) is 1.85. The van der Waals surface area contributed by atoms with E-state index in [1.54, 1.807) is 12.4 Å². The van der Waals surface area contributed by atoms with Crippen molar-refractivity contribution >= 4 is 0 Å². The van der Waals surface area contributed by atoms with Crippen LogP contribution in [0.15, 0.2) is 30.6 Å². The van der Waals surface area contributed by atoms with Gasteiger partial charge in [-0.15, -0.1) is 0 Å². The number of nitrogens with zero attached hydrogens (tertiary/aromatic N) is 1. The molecule has 0 aliphatic heterocycles. The van der Waals surface area contributed by atoms with Gasteiger partial charge in [-0.25, -0.2) is 0 Å². The van der Waals surface area contributed by atoms with Crippen molar-refractivity contribution in [1.29, 1.82) is 0 Å². The van der Waals surface area contributed by atoms with Gasteiger partial charge in [0.25, 0.3) is 0 Å². The fraction of sp³-hybridized carbons (Fsp3) is 0. The second-order valence-electron chi connectivity index (χ2n) is 1.02. The molecule has 6 heavy (non-hydrogen) atoms. The van der Waals surface area contributed by atoms with E-state index >= 15 is 0 Å². The van der Waals surface area contributed by atoms with Crippen molar-refractivity contribution in [3.8, 4) is 0 Å². The van der Waals surface area contributed by atoms with Crippen LogP contribution in [0.4, 0.5) is 0 Å². The molecule has 0 radical (unpaired) electrons. The Bertz CT molecular complexity index is 80.0. The van der Waals surface area contributed by atoms with Crippen LogP contribution in [-0.4, -0.2) is 4.98 Å². The molecule has 1 nitrogen and oxygen atoms in total. The minimum Gasteiger partial charge on any atom is -0.265 e. The van der Waals surface area contributed by atoms with Crippen LogP contribution in [-0.2, 0) is 0 Å². The summed E-state index contributed by atoms with van der Waals surface area (Å²) >= 11 is 0. The predicted octanol–water partition coefficient (Wildman–Crippen LogP) is 1.33. The molecule has 0 amide bonds. The highest BCUT2D eigenvalue weighted by Crippen LogP contribution is 1.73. The molecule has 1 heteroatoms. The predicted molar refractivity (Wildman–Crippen MR) is 26.4 cm³/mol. The van der Waals surface area contributed by atoms with Crippen LogP contribution in [0.3, 0.4) is 0 Å². The van der Waals surface area contributed by atoms with Gasteiger partial charge in [0, 0.05) is 13.8 Å². The summed E-state index contributed by atoms with van der Waals surface area (Å²) in [5.74, 6) is 0. The van der Waals surface area contributed by atoms with Gasteiger partial charge in [-0.05, 0) is 12.1 Å². The average Bonchev–Trinajstić information content (AvgIpc) is 1.72. The molecular weight excluding hydrogens is 74.1 g/mol. The van der Waals surface area contributed by atoms with Crippen LogP contribution in [0.5, 0.6) is 0 Å². The van der Waals surface area contributed by atoms with Crippen molar-refractivity contribution in [2.24, 2.45) is 0 Å². The molecule has 1 rings (SSSR count). The lowest BCUT2D eigenvalue weighted by Crippen LogP contribution is -1.58. The molecule has 0 aliphatic rings. The molecule has 1 aromatic heterocycles. The van der Waals surface area contributed by atoms with Crippen LogP contribution < -0.4 is 0 Å². The summed E-state index contributed by atoms with van der Waals surface area (Å²) in [7, 11) is 0. The minimum absolute atomic E-state index is 0. The molecule has 32 valence electrons. The monoisotopic (exact) mass is 81.1 g/mol. The third kappa shape index (κ3) is 0.549. The number of aromatic nitrogens is 1. The molecule has 0 aliphatic carbocycles. The fourth-order valence-corrected chi connectivity index (χ4v) is 0.313. The molecule has 1 aromatic rings. The van der Waals surface area contributed by atoms with Crippen LogP contribution in [0.25, 0.3) is 0 Å². The van der Waals surface area contributed by atoms with Gasteiger partial charge in [-0.3, -0.25) is 4.98 Å². The summed E-state index contributed by atoms with van der Waals surface area (Å²) in [6.45, 7) is 0. The Hall–Kier alpha value is -0.850. The van der Waals surface area contributed by atoms with Gasteiger partial charge in [0.1, 0.15) is 0 Å². The maximum absolute atomic E-state index is 3.78. The van der Waals surface area contributed by atoms with E-state index in [1.807, 2.05) is 18.2 Å². The Labute approximate surface area is 38.1 Å². The van der Waals surface area contributed by atoms with Crippen molar-refractivity contribution in [1.82, 2.24) is 4.98 Å². The third-order valence-electron chi connectivity index (χ3n) is 0.566. The number of rotatable bonds is 0. The van der Waals surface area contributed by atoms with Crippen LogP contribution >= 0.6 is 0 Å². The van der Waals surface area contributed by atoms with E-state index in [2.05, 4.69) is 4.98 Å². The first kappa shape index (κ1) is 3.34. The summed E-state index contributed by atoms with van der Waals surface area (Å²) in [5, 5.41) is 0. The zero-order valence-corrected chi connectivity index (χ0v) is 3.33. The zero-order valence-electron chi connectivity index (χ0n) is 3.33. The summed E-state index contributed by atoms with van der Waals surface area (Å²) in [6.07, 6.45) is 3.50. The smallest absolute Gasteiger partial charge is 0.0267 e. The van der Waals surface area contributed by atoms with Crippen LogP contribution in [0.2, 0.25) is 0 Å². The van der Waals surface area contributed by atoms with Gasteiger partial charge in [-0.1, -0.05) is 6.07 Å². The van der Waals surface area contributed by atoms with Gasteiger partial charge in [0.05, 0.1) is 0 Å². The Morgan fingerprint density at radius 3 is 1.83 bits per heavy atom. The average molecular weight is 81.1 g/mol. The normalized spacial score (nSPS) is 8.00. The maximum atomic E-state index is 3.78. The molecule has 0 aromatic carbocycles. The first-order valence-corrected chi connectivity index (χ1v) is 1.85. The number of hydrogen-bond acceptors (Lipinski definition) is 1. The second-order valence-corrected chi connectivity index (χ2v) is 1.02. The van der Waals surface area contributed by atoms with Gasteiger partial charge in [0.15, 0.2) is 0 Å². The lowest BCUT2D eigenvalue weighted by Gasteiger charge is -1.70. The van der Waals surface area contributed by atoms with E-state index in [9.17, 15) is 0 Å². The Kier molecular flexibility index (Phi) is 0.865. The molecule has 0 fully saturated rings. The topological polar surface area (TPSA) is 12.9 Å². The van der Waals surface area contributed by atoms with Crippen LogP contribution in [0, 0.1) is 0 Å². The first-order chi connectivity index (χ1) is 3.00. The van der Waals surface area contributed by atoms with Crippen molar-refractivity contribution in [3.05, 3.63) is 30.6 Å². The highest BCUT2D eigenvalue weighted by molar-refractivity contribution is 4.88. The summed E-state index contributed by atoms with van der Waals surface area (Å²) in [4.78, 5) is 3.78. The number of pyridine rings is 1. The molecule has 0 atom stereocenters. The lowest BCUT2D eigenvalue weighted by atomic mass is 10.5. The van der Waals surface area contributed by atoms with Gasteiger partial charge in [0.2, 0.25) is 0 Å². The van der Waals surface area contributed by atoms with Gasteiger partial charge >= 0.3 is 0 Å². The van der Waals surface area contributed by atoms with E-state index in [4.69, 9.17) is 0 Å². The Morgan fingerprint density at radius 2 is 1.67 bits per heavy atom. The molecule has 0 bridgehead atoms. The molecule has 1 heterocycles. The van der Waals surface area contributed by atoms with E-state index in [1.165, 1.54) is 0 Å². The molecule has 0 spiro atoms. The molecule has 0 N–H and O–H groups in total. The zero-order chi connectivity index (χ0) is 4.24. The maximum Gasteiger partial charge on any atom is 0.0267 e. The van der Waals surface area contributed by atoms with Crippen molar-refractivity contribution < 1.29 is 1.43 Å². The fourth-order valence-electron chi connectivity index (χ4n) is 0.313. The van der Waals surface area contributed by atoms with E-state index in [-0.39, 0.29) is 1.43 Å². The lowest BCUT2D eigenvalue weighted by molar-refractivity contribution is 1.33. The van der Waals surface area contributed by atoms with Crippen molar-refractivity contribution in [3.63, 3.8) is 0 Å². The molecule has 0 saturated carbocycles. The molecular formula is C5H7N. The standard InChI is InChI=1S/C5H5N.H2/c1-2-4-6-5-3-1;/h1-5H;1H. The minimum atomic E-state index is 0. The molecule has 0 saturated heterocycles. The second kappa shape index (κ2) is 1.55. The highest BCUT2D eigenvalue weighted by atomic mass is 14.6. The quantitative estimate of drug-likeness (QED) is 0.459. The Balaban J connectivity index is 0.000000360. The van der Waals surface area contributed by atoms with E-state index in [0.29, 0.717) is 0 Å². The summed E-state index contributed by atoms with van der Waals surface area (Å²) < 4.78 is 0. The van der Waals surface area contributed by atoms with Crippen LogP contribution in [0.1, 0.15) is 1.43 Å². The summed E-state index contributed by atoms with van der Waals surface area (Å²) in [6, 6.07) is 5.72.